The first-order valence-electron chi connectivity index (χ1n) is 5.98. The van der Waals surface area contributed by atoms with Gasteiger partial charge in [0, 0.05) is 13.0 Å². The Kier molecular flexibility index (Phi) is 2.40. The summed E-state index contributed by atoms with van der Waals surface area (Å²) in [7, 11) is 2.13. The molecule has 1 aliphatic rings. The molecule has 84 valence electrons. The van der Waals surface area contributed by atoms with Crippen LogP contribution in [0.3, 0.4) is 0 Å². The molecule has 0 saturated carbocycles. The Balaban J connectivity index is 2.05. The Bertz CT molecular complexity index is 495. The smallest absolute Gasteiger partial charge is 0.112 e. The van der Waals surface area contributed by atoms with Gasteiger partial charge in [-0.15, -0.1) is 0 Å². The van der Waals surface area contributed by atoms with Gasteiger partial charge < -0.3 is 9.88 Å². The third kappa shape index (κ3) is 1.52. The van der Waals surface area contributed by atoms with Gasteiger partial charge in [-0.2, -0.15) is 0 Å². The van der Waals surface area contributed by atoms with Crippen LogP contribution >= 0.6 is 0 Å². The van der Waals surface area contributed by atoms with Gasteiger partial charge in [-0.05, 0) is 38.1 Å². The summed E-state index contributed by atoms with van der Waals surface area (Å²) >= 11 is 0. The van der Waals surface area contributed by atoms with Crippen molar-refractivity contribution in [3.63, 3.8) is 0 Å². The molecule has 1 fully saturated rings. The van der Waals surface area contributed by atoms with Gasteiger partial charge in [-0.25, -0.2) is 4.98 Å². The third-order valence-electron chi connectivity index (χ3n) is 3.53. The average molecular weight is 215 g/mol. The predicted molar refractivity (Wildman–Crippen MR) is 65.6 cm³/mol. The van der Waals surface area contributed by atoms with Crippen LogP contribution in [0, 0.1) is 0 Å². The van der Waals surface area contributed by atoms with Gasteiger partial charge in [0.25, 0.3) is 0 Å². The molecule has 2 aromatic rings. The lowest BCUT2D eigenvalue weighted by Gasteiger charge is -2.22. The van der Waals surface area contributed by atoms with E-state index in [4.69, 9.17) is 4.98 Å². The van der Waals surface area contributed by atoms with Crippen LogP contribution in [0.5, 0.6) is 0 Å². The summed E-state index contributed by atoms with van der Waals surface area (Å²) in [5.74, 6) is 1.88. The molecule has 1 N–H and O–H groups in total. The summed E-state index contributed by atoms with van der Waals surface area (Å²) in [6, 6.07) is 8.38. The summed E-state index contributed by atoms with van der Waals surface area (Å²) in [6.07, 6.45) is 2.41. The van der Waals surface area contributed by atoms with Crippen LogP contribution in [0.4, 0.5) is 0 Å². The molecule has 2 heterocycles. The van der Waals surface area contributed by atoms with Crippen LogP contribution in [-0.2, 0) is 7.05 Å². The summed E-state index contributed by atoms with van der Waals surface area (Å²) in [6.45, 7) is 2.24. The molecule has 0 amide bonds. The Morgan fingerprint density at radius 3 is 2.75 bits per heavy atom. The lowest BCUT2D eigenvalue weighted by Crippen LogP contribution is -2.27. The summed E-state index contributed by atoms with van der Waals surface area (Å²) in [5, 5.41) is 3.40. The second kappa shape index (κ2) is 3.91. The molecule has 1 aromatic carbocycles. The molecule has 0 spiro atoms. The Morgan fingerprint density at radius 1 is 1.25 bits per heavy atom. The lowest BCUT2D eigenvalue weighted by atomic mass is 9.97. The number of benzene rings is 1. The number of rotatable bonds is 1. The number of hydrogen-bond donors (Lipinski definition) is 1. The zero-order chi connectivity index (χ0) is 11.0. The number of para-hydroxylation sites is 2. The standard InChI is InChI=1S/C13H17N3/c1-16-12-5-3-2-4-11(12)15-13(16)10-6-8-14-9-7-10/h2-5,10,14H,6-9H2,1H3. The van der Waals surface area contributed by atoms with E-state index in [1.165, 1.54) is 24.2 Å². The molecular weight excluding hydrogens is 198 g/mol. The maximum Gasteiger partial charge on any atom is 0.112 e. The molecule has 0 aliphatic carbocycles. The van der Waals surface area contributed by atoms with Crippen molar-refractivity contribution in [2.75, 3.05) is 13.1 Å². The van der Waals surface area contributed by atoms with Crippen LogP contribution in [0.25, 0.3) is 11.0 Å². The Morgan fingerprint density at radius 2 is 2.00 bits per heavy atom. The van der Waals surface area contributed by atoms with Crippen LogP contribution in [0.15, 0.2) is 24.3 Å². The summed E-state index contributed by atoms with van der Waals surface area (Å²) in [4.78, 5) is 4.77. The van der Waals surface area contributed by atoms with E-state index in [0.29, 0.717) is 5.92 Å². The minimum Gasteiger partial charge on any atom is -0.331 e. The molecule has 16 heavy (non-hydrogen) atoms. The molecule has 3 nitrogen and oxygen atoms in total. The van der Waals surface area contributed by atoms with E-state index in [0.717, 1.165) is 18.6 Å². The highest BCUT2D eigenvalue weighted by molar-refractivity contribution is 5.75. The molecule has 3 rings (SSSR count). The van der Waals surface area contributed by atoms with E-state index < -0.39 is 0 Å². The number of piperidine rings is 1. The van der Waals surface area contributed by atoms with Crippen molar-refractivity contribution in [3.05, 3.63) is 30.1 Å². The van der Waals surface area contributed by atoms with E-state index in [1.807, 2.05) is 0 Å². The van der Waals surface area contributed by atoms with E-state index >= 15 is 0 Å². The number of nitrogens with zero attached hydrogens (tertiary/aromatic N) is 2. The lowest BCUT2D eigenvalue weighted by molar-refractivity contribution is 0.438. The molecule has 0 unspecified atom stereocenters. The molecule has 0 atom stereocenters. The molecular formula is C13H17N3. The molecule has 1 saturated heterocycles. The number of hydrogen-bond acceptors (Lipinski definition) is 2. The van der Waals surface area contributed by atoms with Gasteiger partial charge in [0.15, 0.2) is 0 Å². The van der Waals surface area contributed by atoms with Crippen molar-refractivity contribution in [1.82, 2.24) is 14.9 Å². The van der Waals surface area contributed by atoms with Crippen LogP contribution in [0.1, 0.15) is 24.6 Å². The average Bonchev–Trinajstić information content (AvgIpc) is 2.69. The fraction of sp³-hybridized carbons (Fsp3) is 0.462. The largest absolute Gasteiger partial charge is 0.331 e. The van der Waals surface area contributed by atoms with E-state index in [-0.39, 0.29) is 0 Å². The quantitative estimate of drug-likeness (QED) is 0.789. The fourth-order valence-electron chi connectivity index (χ4n) is 2.61. The highest BCUT2D eigenvalue weighted by atomic mass is 15.1. The van der Waals surface area contributed by atoms with Crippen LogP contribution < -0.4 is 5.32 Å². The van der Waals surface area contributed by atoms with Crippen molar-refractivity contribution in [3.8, 4) is 0 Å². The first kappa shape index (κ1) is 9.85. The van der Waals surface area contributed by atoms with E-state index in [1.54, 1.807) is 0 Å². The highest BCUT2D eigenvalue weighted by Gasteiger charge is 2.20. The third-order valence-corrected chi connectivity index (χ3v) is 3.53. The molecule has 0 radical (unpaired) electrons. The van der Waals surface area contributed by atoms with Gasteiger partial charge >= 0.3 is 0 Å². The zero-order valence-electron chi connectivity index (χ0n) is 9.61. The minimum absolute atomic E-state index is 0.624. The summed E-state index contributed by atoms with van der Waals surface area (Å²) in [5.41, 5.74) is 2.37. The maximum absolute atomic E-state index is 4.77. The van der Waals surface area contributed by atoms with Crippen LogP contribution in [-0.4, -0.2) is 22.6 Å². The Labute approximate surface area is 95.5 Å². The first-order chi connectivity index (χ1) is 7.86. The van der Waals surface area contributed by atoms with Gasteiger partial charge in [0.2, 0.25) is 0 Å². The van der Waals surface area contributed by atoms with E-state index in [9.17, 15) is 0 Å². The van der Waals surface area contributed by atoms with Crippen molar-refractivity contribution < 1.29 is 0 Å². The van der Waals surface area contributed by atoms with Gasteiger partial charge in [0.1, 0.15) is 5.82 Å². The zero-order valence-corrected chi connectivity index (χ0v) is 9.61. The van der Waals surface area contributed by atoms with Gasteiger partial charge in [-0.3, -0.25) is 0 Å². The first-order valence-corrected chi connectivity index (χ1v) is 5.98. The van der Waals surface area contributed by atoms with Crippen molar-refractivity contribution >= 4 is 11.0 Å². The number of aryl methyl sites for hydroxylation is 1. The topological polar surface area (TPSA) is 29.9 Å². The van der Waals surface area contributed by atoms with Gasteiger partial charge in [-0.1, -0.05) is 12.1 Å². The second-order valence-corrected chi connectivity index (χ2v) is 4.54. The monoisotopic (exact) mass is 215 g/mol. The molecule has 0 bridgehead atoms. The van der Waals surface area contributed by atoms with Crippen molar-refractivity contribution in [1.29, 1.82) is 0 Å². The van der Waals surface area contributed by atoms with Crippen molar-refractivity contribution in [2.24, 2.45) is 7.05 Å². The minimum atomic E-state index is 0.624. The number of nitrogens with one attached hydrogen (secondary N) is 1. The summed E-state index contributed by atoms with van der Waals surface area (Å²) < 4.78 is 2.26. The highest BCUT2D eigenvalue weighted by Crippen LogP contribution is 2.26. The predicted octanol–water partition coefficient (Wildman–Crippen LogP) is 2.04. The Hall–Kier alpha value is -1.35. The van der Waals surface area contributed by atoms with Gasteiger partial charge in [0.05, 0.1) is 11.0 Å². The number of aromatic nitrogens is 2. The SMILES string of the molecule is Cn1c(C2CCNCC2)nc2ccccc21. The normalized spacial score (nSPS) is 18.1. The molecule has 1 aliphatic heterocycles. The maximum atomic E-state index is 4.77. The molecule has 3 heteroatoms. The van der Waals surface area contributed by atoms with Crippen molar-refractivity contribution in [2.45, 2.75) is 18.8 Å². The number of imidazole rings is 1. The fourth-order valence-corrected chi connectivity index (χ4v) is 2.61. The number of fused-ring (bicyclic) bond motifs is 1. The van der Waals surface area contributed by atoms with Crippen LogP contribution in [0.2, 0.25) is 0 Å². The van der Waals surface area contributed by atoms with E-state index in [2.05, 4.69) is 41.2 Å². The second-order valence-electron chi connectivity index (χ2n) is 4.54. The molecule has 1 aromatic heterocycles.